The van der Waals surface area contributed by atoms with Gasteiger partial charge in [-0.15, -0.1) is 0 Å². The summed E-state index contributed by atoms with van der Waals surface area (Å²) in [4.78, 5) is 21.5. The molecule has 1 N–H and O–H groups in total. The fraction of sp³-hybridized carbons (Fsp3) is 0.250. The van der Waals surface area contributed by atoms with Crippen LogP contribution in [0.3, 0.4) is 0 Å². The second-order valence-corrected chi connectivity index (χ2v) is 7.25. The van der Waals surface area contributed by atoms with Gasteiger partial charge in [-0.1, -0.05) is 37.3 Å². The predicted octanol–water partition coefficient (Wildman–Crippen LogP) is 4.35. The molecule has 5 nitrogen and oxygen atoms in total. The van der Waals surface area contributed by atoms with Crippen molar-refractivity contribution >= 4 is 23.0 Å². The number of carbonyl (C=O) groups is 1. The quantitative estimate of drug-likeness (QED) is 0.708. The average molecular weight is 386 g/mol. The maximum absolute atomic E-state index is 13.0. The summed E-state index contributed by atoms with van der Waals surface area (Å²) in [5.41, 5.74) is 4.94. The van der Waals surface area contributed by atoms with Crippen molar-refractivity contribution in [2.24, 2.45) is 0 Å². The number of aromatic nitrogens is 1. The molecule has 3 aromatic rings. The first-order valence-corrected chi connectivity index (χ1v) is 10.1. The third kappa shape index (κ3) is 4.57. The molecule has 1 amide bonds. The Morgan fingerprint density at radius 1 is 0.931 bits per heavy atom. The topological polar surface area (TPSA) is 48.5 Å². The molecule has 1 fully saturated rings. The summed E-state index contributed by atoms with van der Waals surface area (Å²) in [6, 6.07) is 20.6. The number of anilines is 3. The third-order valence-electron chi connectivity index (χ3n) is 5.32. The van der Waals surface area contributed by atoms with Gasteiger partial charge >= 0.3 is 0 Å². The van der Waals surface area contributed by atoms with Crippen LogP contribution in [0.1, 0.15) is 22.8 Å². The lowest BCUT2D eigenvalue weighted by molar-refractivity contribution is 0.0746. The van der Waals surface area contributed by atoms with Gasteiger partial charge in [0.2, 0.25) is 0 Å². The van der Waals surface area contributed by atoms with Gasteiger partial charge in [0.15, 0.2) is 0 Å². The molecule has 29 heavy (non-hydrogen) atoms. The standard InChI is InChI=1S/C24H26N4O/c1-2-19-8-10-21(11-9-19)26-22-16-20(17-25-18-22)24(29)28-14-12-27(13-15-28)23-6-4-3-5-7-23/h3-11,16-18,26H,2,12-15H2,1H3. The van der Waals surface area contributed by atoms with Crippen LogP contribution in [0.5, 0.6) is 0 Å². The molecular formula is C24H26N4O. The van der Waals surface area contributed by atoms with Gasteiger partial charge in [0.1, 0.15) is 0 Å². The van der Waals surface area contributed by atoms with E-state index in [2.05, 4.69) is 58.5 Å². The van der Waals surface area contributed by atoms with Crippen molar-refractivity contribution in [1.29, 1.82) is 0 Å². The van der Waals surface area contributed by atoms with Gasteiger partial charge in [0, 0.05) is 43.8 Å². The number of carbonyl (C=O) groups excluding carboxylic acids is 1. The zero-order valence-corrected chi connectivity index (χ0v) is 16.7. The molecule has 148 valence electrons. The number of aryl methyl sites for hydroxylation is 1. The molecule has 1 aliphatic heterocycles. The fourth-order valence-corrected chi connectivity index (χ4v) is 3.60. The maximum Gasteiger partial charge on any atom is 0.255 e. The Labute approximate surface area is 172 Å². The van der Waals surface area contributed by atoms with Crippen LogP contribution in [0.25, 0.3) is 0 Å². The van der Waals surface area contributed by atoms with Crippen molar-refractivity contribution in [2.45, 2.75) is 13.3 Å². The van der Waals surface area contributed by atoms with Crippen molar-refractivity contribution in [3.8, 4) is 0 Å². The maximum atomic E-state index is 13.0. The normalized spacial score (nSPS) is 14.0. The van der Waals surface area contributed by atoms with Crippen LogP contribution < -0.4 is 10.2 Å². The molecule has 2 aromatic carbocycles. The van der Waals surface area contributed by atoms with Crippen molar-refractivity contribution in [1.82, 2.24) is 9.88 Å². The molecule has 4 rings (SSSR count). The molecule has 0 aliphatic carbocycles. The van der Waals surface area contributed by atoms with Gasteiger partial charge in [-0.05, 0) is 42.3 Å². The number of para-hydroxylation sites is 1. The monoisotopic (exact) mass is 386 g/mol. The van der Waals surface area contributed by atoms with Gasteiger partial charge in [-0.3, -0.25) is 9.78 Å². The van der Waals surface area contributed by atoms with Gasteiger partial charge in [0.25, 0.3) is 5.91 Å². The van der Waals surface area contributed by atoms with E-state index >= 15 is 0 Å². The number of nitrogens with zero attached hydrogens (tertiary/aromatic N) is 3. The Hall–Kier alpha value is -3.34. The number of piperazine rings is 1. The minimum atomic E-state index is 0.0372. The van der Waals surface area contributed by atoms with Crippen LogP contribution in [0, 0.1) is 0 Å². The molecule has 2 heterocycles. The summed E-state index contributed by atoms with van der Waals surface area (Å²) < 4.78 is 0. The minimum absolute atomic E-state index is 0.0372. The summed E-state index contributed by atoms with van der Waals surface area (Å²) in [5, 5.41) is 3.34. The van der Waals surface area contributed by atoms with Crippen LogP contribution in [-0.2, 0) is 6.42 Å². The van der Waals surface area contributed by atoms with Crippen molar-refractivity contribution in [3.63, 3.8) is 0 Å². The summed E-state index contributed by atoms with van der Waals surface area (Å²) in [7, 11) is 0. The summed E-state index contributed by atoms with van der Waals surface area (Å²) in [6.45, 7) is 5.24. The number of nitrogens with one attached hydrogen (secondary N) is 1. The van der Waals surface area contributed by atoms with Crippen LogP contribution in [-0.4, -0.2) is 42.0 Å². The van der Waals surface area contributed by atoms with Crippen molar-refractivity contribution in [3.05, 3.63) is 84.2 Å². The number of benzene rings is 2. The smallest absolute Gasteiger partial charge is 0.255 e. The molecular weight excluding hydrogens is 360 g/mol. The molecule has 1 aliphatic rings. The van der Waals surface area contributed by atoms with Crippen molar-refractivity contribution in [2.75, 3.05) is 36.4 Å². The number of pyridine rings is 1. The lowest BCUT2D eigenvalue weighted by Crippen LogP contribution is -2.48. The Balaban J connectivity index is 1.39. The van der Waals surface area contributed by atoms with Crippen LogP contribution in [0.2, 0.25) is 0 Å². The fourth-order valence-electron chi connectivity index (χ4n) is 3.60. The highest BCUT2D eigenvalue weighted by Gasteiger charge is 2.22. The largest absolute Gasteiger partial charge is 0.368 e. The van der Waals surface area contributed by atoms with Gasteiger partial charge in [0.05, 0.1) is 17.4 Å². The Kier molecular flexibility index (Phi) is 5.75. The minimum Gasteiger partial charge on any atom is -0.368 e. The summed E-state index contributed by atoms with van der Waals surface area (Å²) >= 11 is 0. The van der Waals surface area contributed by atoms with Crippen LogP contribution >= 0.6 is 0 Å². The molecule has 1 saturated heterocycles. The van der Waals surface area contributed by atoms with E-state index in [0.717, 1.165) is 30.9 Å². The second-order valence-electron chi connectivity index (χ2n) is 7.25. The zero-order valence-electron chi connectivity index (χ0n) is 16.7. The van der Waals surface area contributed by atoms with Crippen LogP contribution in [0.15, 0.2) is 73.1 Å². The molecule has 0 atom stereocenters. The number of amides is 1. The highest BCUT2D eigenvalue weighted by atomic mass is 16.2. The zero-order chi connectivity index (χ0) is 20.1. The van der Waals surface area contributed by atoms with E-state index in [1.807, 2.05) is 29.2 Å². The molecule has 0 spiro atoms. The van der Waals surface area contributed by atoms with E-state index in [-0.39, 0.29) is 5.91 Å². The summed E-state index contributed by atoms with van der Waals surface area (Å²) in [6.07, 6.45) is 4.42. The molecule has 1 aromatic heterocycles. The highest BCUT2D eigenvalue weighted by molar-refractivity contribution is 5.95. The van der Waals surface area contributed by atoms with Gasteiger partial charge in [-0.25, -0.2) is 0 Å². The van der Waals surface area contributed by atoms with E-state index in [1.54, 1.807) is 12.4 Å². The predicted molar refractivity (Wildman–Crippen MR) is 118 cm³/mol. The lowest BCUT2D eigenvalue weighted by atomic mass is 10.1. The molecule has 0 bridgehead atoms. The molecule has 0 radical (unpaired) electrons. The molecule has 0 saturated carbocycles. The lowest BCUT2D eigenvalue weighted by Gasteiger charge is -2.36. The first-order chi connectivity index (χ1) is 14.2. The van der Waals surface area contributed by atoms with E-state index in [9.17, 15) is 4.79 Å². The first-order valence-electron chi connectivity index (χ1n) is 10.1. The Bertz CT molecular complexity index is 948. The Morgan fingerprint density at radius 2 is 1.66 bits per heavy atom. The van der Waals surface area contributed by atoms with Gasteiger partial charge in [-0.2, -0.15) is 0 Å². The number of hydrogen-bond donors (Lipinski definition) is 1. The highest BCUT2D eigenvalue weighted by Crippen LogP contribution is 2.20. The molecule has 0 unspecified atom stereocenters. The van der Waals surface area contributed by atoms with E-state index in [0.29, 0.717) is 18.7 Å². The van der Waals surface area contributed by atoms with Gasteiger partial charge < -0.3 is 15.1 Å². The molecule has 5 heteroatoms. The third-order valence-corrected chi connectivity index (χ3v) is 5.32. The van der Waals surface area contributed by atoms with Crippen molar-refractivity contribution < 1.29 is 4.79 Å². The van der Waals surface area contributed by atoms with Crippen LogP contribution in [0.4, 0.5) is 17.1 Å². The van der Waals surface area contributed by atoms with E-state index in [4.69, 9.17) is 0 Å². The second kappa shape index (κ2) is 8.78. The van der Waals surface area contributed by atoms with E-state index < -0.39 is 0 Å². The number of hydrogen-bond acceptors (Lipinski definition) is 4. The SMILES string of the molecule is CCc1ccc(Nc2cncc(C(=O)N3CCN(c4ccccc4)CC3)c2)cc1. The van der Waals surface area contributed by atoms with E-state index in [1.165, 1.54) is 11.3 Å². The first kappa shape index (κ1) is 19.0. The average Bonchev–Trinajstić information content (AvgIpc) is 2.80. The summed E-state index contributed by atoms with van der Waals surface area (Å²) in [5.74, 6) is 0.0372. The number of rotatable bonds is 5. The Morgan fingerprint density at radius 3 is 2.34 bits per heavy atom.